The predicted octanol–water partition coefficient (Wildman–Crippen LogP) is 2.55. The predicted molar refractivity (Wildman–Crippen MR) is 70.2 cm³/mol. The SMILES string of the molecule is C=Cc1ncc(OC(C)[C@@H]2CCCN2)cc1C. The molecule has 0 aliphatic carbocycles. The molecule has 1 fully saturated rings. The summed E-state index contributed by atoms with van der Waals surface area (Å²) in [4.78, 5) is 4.31. The summed E-state index contributed by atoms with van der Waals surface area (Å²) in [6, 6.07) is 2.49. The number of ether oxygens (including phenoxy) is 1. The van der Waals surface area contributed by atoms with E-state index in [9.17, 15) is 0 Å². The summed E-state index contributed by atoms with van der Waals surface area (Å²) < 4.78 is 5.92. The van der Waals surface area contributed by atoms with Gasteiger partial charge in [0.05, 0.1) is 11.9 Å². The van der Waals surface area contributed by atoms with Crippen LogP contribution >= 0.6 is 0 Å². The average Bonchev–Trinajstić information content (AvgIpc) is 2.82. The standard InChI is InChI=1S/C14H20N2O/c1-4-13-10(2)8-12(9-16-13)17-11(3)14-6-5-7-15-14/h4,8-9,11,14-15H,1,5-7H2,2-3H3/t11?,14-/m0/s1. The molecule has 0 saturated carbocycles. The molecule has 2 heterocycles. The van der Waals surface area contributed by atoms with E-state index in [0.717, 1.165) is 23.6 Å². The summed E-state index contributed by atoms with van der Waals surface area (Å²) in [6.07, 6.45) is 6.16. The van der Waals surface area contributed by atoms with Gasteiger partial charge in [-0.2, -0.15) is 0 Å². The van der Waals surface area contributed by atoms with Gasteiger partial charge in [0.25, 0.3) is 0 Å². The molecule has 0 radical (unpaired) electrons. The van der Waals surface area contributed by atoms with Gasteiger partial charge in [-0.15, -0.1) is 0 Å². The van der Waals surface area contributed by atoms with Gasteiger partial charge < -0.3 is 10.1 Å². The largest absolute Gasteiger partial charge is 0.487 e. The van der Waals surface area contributed by atoms with Crippen molar-refractivity contribution in [2.24, 2.45) is 0 Å². The molecule has 2 rings (SSSR count). The summed E-state index contributed by atoms with van der Waals surface area (Å²) in [5, 5.41) is 3.45. The van der Waals surface area contributed by atoms with Gasteiger partial charge in [0.2, 0.25) is 0 Å². The van der Waals surface area contributed by atoms with E-state index in [4.69, 9.17) is 4.74 Å². The van der Waals surface area contributed by atoms with Crippen LogP contribution in [-0.4, -0.2) is 23.7 Å². The molecule has 17 heavy (non-hydrogen) atoms. The van der Waals surface area contributed by atoms with Gasteiger partial charge in [-0.05, 0) is 50.9 Å². The Morgan fingerprint density at radius 1 is 1.65 bits per heavy atom. The molecule has 0 aromatic carbocycles. The first kappa shape index (κ1) is 12.1. The Morgan fingerprint density at radius 2 is 2.47 bits per heavy atom. The van der Waals surface area contributed by atoms with Crippen LogP contribution in [0.15, 0.2) is 18.8 Å². The molecule has 1 aromatic rings. The molecule has 1 aromatic heterocycles. The lowest BCUT2D eigenvalue weighted by atomic mass is 10.1. The third kappa shape index (κ3) is 2.86. The van der Waals surface area contributed by atoms with Crippen LogP contribution in [0.2, 0.25) is 0 Å². The second kappa shape index (κ2) is 5.32. The second-order valence-electron chi connectivity index (χ2n) is 4.60. The Balaban J connectivity index is 2.02. The van der Waals surface area contributed by atoms with E-state index in [-0.39, 0.29) is 6.10 Å². The maximum atomic E-state index is 5.92. The van der Waals surface area contributed by atoms with Crippen molar-refractivity contribution in [3.63, 3.8) is 0 Å². The summed E-state index contributed by atoms with van der Waals surface area (Å²) >= 11 is 0. The van der Waals surface area contributed by atoms with Crippen molar-refractivity contribution in [3.8, 4) is 5.75 Å². The highest BCUT2D eigenvalue weighted by Crippen LogP contribution is 2.19. The maximum Gasteiger partial charge on any atom is 0.138 e. The van der Waals surface area contributed by atoms with E-state index in [1.165, 1.54) is 12.8 Å². The van der Waals surface area contributed by atoms with E-state index in [2.05, 4.69) is 23.8 Å². The molecule has 3 heteroatoms. The number of nitrogens with one attached hydrogen (secondary N) is 1. The van der Waals surface area contributed by atoms with Crippen LogP contribution in [-0.2, 0) is 0 Å². The highest BCUT2D eigenvalue weighted by atomic mass is 16.5. The van der Waals surface area contributed by atoms with E-state index in [1.54, 1.807) is 12.3 Å². The molecule has 3 nitrogen and oxygen atoms in total. The van der Waals surface area contributed by atoms with Gasteiger partial charge in [-0.3, -0.25) is 4.98 Å². The number of rotatable bonds is 4. The zero-order valence-corrected chi connectivity index (χ0v) is 10.6. The normalized spacial score (nSPS) is 21.2. The van der Waals surface area contributed by atoms with Crippen molar-refractivity contribution in [3.05, 3.63) is 30.1 Å². The number of aryl methyl sites for hydroxylation is 1. The van der Waals surface area contributed by atoms with Crippen LogP contribution in [0.1, 0.15) is 31.0 Å². The van der Waals surface area contributed by atoms with Gasteiger partial charge >= 0.3 is 0 Å². The summed E-state index contributed by atoms with van der Waals surface area (Å²) in [6.45, 7) is 8.97. The Bertz CT molecular complexity index is 397. The van der Waals surface area contributed by atoms with E-state index < -0.39 is 0 Å². The molecule has 92 valence electrons. The van der Waals surface area contributed by atoms with Crippen molar-refractivity contribution in [2.45, 2.75) is 38.8 Å². The smallest absolute Gasteiger partial charge is 0.138 e. The Hall–Kier alpha value is -1.35. The van der Waals surface area contributed by atoms with Crippen LogP contribution < -0.4 is 10.1 Å². The summed E-state index contributed by atoms with van der Waals surface area (Å²) in [5.41, 5.74) is 2.02. The monoisotopic (exact) mass is 232 g/mol. The van der Waals surface area contributed by atoms with Gasteiger partial charge in [0.1, 0.15) is 11.9 Å². The highest BCUT2D eigenvalue weighted by molar-refractivity contribution is 5.48. The average molecular weight is 232 g/mol. The number of pyridine rings is 1. The highest BCUT2D eigenvalue weighted by Gasteiger charge is 2.22. The Labute approximate surface area is 103 Å². The second-order valence-corrected chi connectivity index (χ2v) is 4.60. The molecule has 0 spiro atoms. The van der Waals surface area contributed by atoms with Crippen LogP contribution in [0.4, 0.5) is 0 Å². The van der Waals surface area contributed by atoms with Gasteiger partial charge in [0.15, 0.2) is 0 Å². The topological polar surface area (TPSA) is 34.1 Å². The van der Waals surface area contributed by atoms with Crippen molar-refractivity contribution in [1.82, 2.24) is 10.3 Å². The van der Waals surface area contributed by atoms with Gasteiger partial charge in [0, 0.05) is 6.04 Å². The van der Waals surface area contributed by atoms with Crippen LogP contribution in [0.3, 0.4) is 0 Å². The lowest BCUT2D eigenvalue weighted by Gasteiger charge is -2.21. The summed E-state index contributed by atoms with van der Waals surface area (Å²) in [7, 11) is 0. The van der Waals surface area contributed by atoms with Gasteiger partial charge in [-0.25, -0.2) is 0 Å². The van der Waals surface area contributed by atoms with Crippen LogP contribution in [0.25, 0.3) is 6.08 Å². The van der Waals surface area contributed by atoms with Crippen LogP contribution in [0.5, 0.6) is 5.75 Å². The molecule has 1 saturated heterocycles. The minimum atomic E-state index is 0.188. The Kier molecular flexibility index (Phi) is 3.79. The molecular weight excluding hydrogens is 212 g/mol. The molecular formula is C14H20N2O. The maximum absolute atomic E-state index is 5.92. The lowest BCUT2D eigenvalue weighted by molar-refractivity contribution is 0.179. The molecule has 2 atom stereocenters. The quantitative estimate of drug-likeness (QED) is 0.866. The first-order valence-corrected chi connectivity index (χ1v) is 6.20. The fourth-order valence-corrected chi connectivity index (χ4v) is 2.25. The summed E-state index contributed by atoms with van der Waals surface area (Å²) in [5.74, 6) is 0.842. The third-order valence-corrected chi connectivity index (χ3v) is 3.27. The molecule has 0 bridgehead atoms. The Morgan fingerprint density at radius 3 is 3.06 bits per heavy atom. The molecule has 1 aliphatic rings. The van der Waals surface area contributed by atoms with Crippen molar-refractivity contribution in [2.75, 3.05) is 6.54 Å². The molecule has 1 N–H and O–H groups in total. The first-order valence-electron chi connectivity index (χ1n) is 6.20. The van der Waals surface area contributed by atoms with E-state index in [1.807, 2.05) is 13.0 Å². The fourth-order valence-electron chi connectivity index (χ4n) is 2.25. The number of nitrogens with zero attached hydrogens (tertiary/aromatic N) is 1. The zero-order chi connectivity index (χ0) is 12.3. The van der Waals surface area contributed by atoms with Crippen molar-refractivity contribution >= 4 is 6.08 Å². The molecule has 1 unspecified atom stereocenters. The lowest BCUT2D eigenvalue weighted by Crippen LogP contribution is -2.36. The minimum absolute atomic E-state index is 0.188. The van der Waals surface area contributed by atoms with Gasteiger partial charge in [-0.1, -0.05) is 6.58 Å². The third-order valence-electron chi connectivity index (χ3n) is 3.27. The van der Waals surface area contributed by atoms with E-state index in [0.29, 0.717) is 6.04 Å². The first-order chi connectivity index (χ1) is 8.20. The fraction of sp³-hybridized carbons (Fsp3) is 0.500. The number of hydrogen-bond acceptors (Lipinski definition) is 3. The van der Waals surface area contributed by atoms with Crippen molar-refractivity contribution < 1.29 is 4.74 Å². The van der Waals surface area contributed by atoms with Crippen LogP contribution in [0, 0.1) is 6.92 Å². The molecule has 1 aliphatic heterocycles. The van der Waals surface area contributed by atoms with E-state index >= 15 is 0 Å². The zero-order valence-electron chi connectivity index (χ0n) is 10.6. The number of aromatic nitrogens is 1. The number of hydrogen-bond donors (Lipinski definition) is 1. The molecule has 0 amide bonds. The minimum Gasteiger partial charge on any atom is -0.487 e. The van der Waals surface area contributed by atoms with Crippen molar-refractivity contribution in [1.29, 1.82) is 0 Å².